The van der Waals surface area contributed by atoms with Gasteiger partial charge >= 0.3 is 0 Å². The number of benzene rings is 1. The third-order valence-electron chi connectivity index (χ3n) is 3.79. The van der Waals surface area contributed by atoms with Crippen molar-refractivity contribution in [2.24, 2.45) is 0 Å². The SMILES string of the molecule is CN1CCC(c2ccccc2)C1(C)C. The molecule has 1 heterocycles. The van der Waals surface area contributed by atoms with Crippen molar-refractivity contribution in [2.45, 2.75) is 31.7 Å². The lowest BCUT2D eigenvalue weighted by Crippen LogP contribution is -2.38. The number of rotatable bonds is 1. The number of hydrogen-bond donors (Lipinski definition) is 0. The van der Waals surface area contributed by atoms with Crippen LogP contribution in [-0.2, 0) is 0 Å². The Kier molecular flexibility index (Phi) is 2.36. The first-order chi connectivity index (χ1) is 6.62. The van der Waals surface area contributed by atoms with E-state index in [2.05, 4.69) is 56.1 Å². The van der Waals surface area contributed by atoms with Crippen molar-refractivity contribution in [1.29, 1.82) is 0 Å². The van der Waals surface area contributed by atoms with Crippen molar-refractivity contribution in [1.82, 2.24) is 4.90 Å². The molecular weight excluding hydrogens is 170 g/mol. The predicted molar refractivity (Wildman–Crippen MR) is 60.5 cm³/mol. The normalized spacial score (nSPS) is 26.6. The maximum absolute atomic E-state index is 2.46. The van der Waals surface area contributed by atoms with E-state index in [1.807, 2.05) is 0 Å². The Labute approximate surface area is 86.7 Å². The fourth-order valence-corrected chi connectivity index (χ4v) is 2.49. The van der Waals surface area contributed by atoms with Crippen molar-refractivity contribution in [3.8, 4) is 0 Å². The smallest absolute Gasteiger partial charge is 0.0219 e. The highest BCUT2D eigenvalue weighted by Crippen LogP contribution is 2.40. The van der Waals surface area contributed by atoms with E-state index in [9.17, 15) is 0 Å². The molecule has 1 unspecified atom stereocenters. The number of likely N-dealkylation sites (N-methyl/N-ethyl adjacent to an activating group) is 1. The molecule has 1 heteroatoms. The number of nitrogens with zero attached hydrogens (tertiary/aromatic N) is 1. The summed E-state index contributed by atoms with van der Waals surface area (Å²) >= 11 is 0. The third-order valence-corrected chi connectivity index (χ3v) is 3.79. The van der Waals surface area contributed by atoms with Gasteiger partial charge in [-0.1, -0.05) is 30.3 Å². The molecule has 14 heavy (non-hydrogen) atoms. The molecule has 1 atom stereocenters. The zero-order chi connectivity index (χ0) is 10.2. The van der Waals surface area contributed by atoms with Gasteiger partial charge < -0.3 is 4.90 Å². The Morgan fingerprint density at radius 2 is 1.86 bits per heavy atom. The minimum absolute atomic E-state index is 0.307. The summed E-state index contributed by atoms with van der Waals surface area (Å²) in [4.78, 5) is 2.46. The average Bonchev–Trinajstić information content (AvgIpc) is 2.44. The lowest BCUT2D eigenvalue weighted by molar-refractivity contribution is 0.201. The van der Waals surface area contributed by atoms with Crippen molar-refractivity contribution in [2.75, 3.05) is 13.6 Å². The highest BCUT2D eigenvalue weighted by Gasteiger charge is 2.39. The first kappa shape index (κ1) is 9.72. The first-order valence-corrected chi connectivity index (χ1v) is 5.38. The molecular formula is C13H19N. The molecule has 1 aromatic carbocycles. The molecule has 1 saturated heterocycles. The van der Waals surface area contributed by atoms with Crippen LogP contribution >= 0.6 is 0 Å². The van der Waals surface area contributed by atoms with Crippen molar-refractivity contribution < 1.29 is 0 Å². The van der Waals surface area contributed by atoms with Crippen LogP contribution in [0, 0.1) is 0 Å². The standard InChI is InChI=1S/C13H19N/c1-13(2)12(9-10-14(13)3)11-7-5-4-6-8-11/h4-8,12H,9-10H2,1-3H3. The highest BCUT2D eigenvalue weighted by atomic mass is 15.2. The van der Waals surface area contributed by atoms with Crippen molar-refractivity contribution in [3.63, 3.8) is 0 Å². The van der Waals surface area contributed by atoms with Crippen LogP contribution < -0.4 is 0 Å². The Bertz CT molecular complexity index is 302. The van der Waals surface area contributed by atoms with E-state index >= 15 is 0 Å². The van der Waals surface area contributed by atoms with E-state index in [4.69, 9.17) is 0 Å². The van der Waals surface area contributed by atoms with Gasteiger partial charge in [0.15, 0.2) is 0 Å². The molecule has 1 nitrogen and oxygen atoms in total. The third kappa shape index (κ3) is 1.46. The largest absolute Gasteiger partial charge is 0.301 e. The molecule has 1 aliphatic rings. The van der Waals surface area contributed by atoms with E-state index in [1.54, 1.807) is 0 Å². The Morgan fingerprint density at radius 3 is 2.36 bits per heavy atom. The average molecular weight is 189 g/mol. The van der Waals surface area contributed by atoms with Gasteiger partial charge in [0.25, 0.3) is 0 Å². The van der Waals surface area contributed by atoms with E-state index < -0.39 is 0 Å². The minimum atomic E-state index is 0.307. The van der Waals surface area contributed by atoms with Crippen LogP contribution in [0.15, 0.2) is 30.3 Å². The Hall–Kier alpha value is -0.820. The molecule has 0 amide bonds. The van der Waals surface area contributed by atoms with E-state index in [0.717, 1.165) is 0 Å². The van der Waals surface area contributed by atoms with Gasteiger partial charge in [0.05, 0.1) is 0 Å². The fraction of sp³-hybridized carbons (Fsp3) is 0.538. The minimum Gasteiger partial charge on any atom is -0.301 e. The molecule has 0 radical (unpaired) electrons. The van der Waals surface area contributed by atoms with Crippen LogP contribution in [0.3, 0.4) is 0 Å². The van der Waals surface area contributed by atoms with Crippen LogP contribution in [0.5, 0.6) is 0 Å². The topological polar surface area (TPSA) is 3.24 Å². The summed E-state index contributed by atoms with van der Waals surface area (Å²) < 4.78 is 0. The maximum atomic E-state index is 2.46. The van der Waals surface area contributed by atoms with Crippen LogP contribution in [0.1, 0.15) is 31.7 Å². The summed E-state index contributed by atoms with van der Waals surface area (Å²) in [5.41, 5.74) is 1.79. The fourth-order valence-electron chi connectivity index (χ4n) is 2.49. The zero-order valence-electron chi connectivity index (χ0n) is 9.33. The summed E-state index contributed by atoms with van der Waals surface area (Å²) in [6, 6.07) is 10.9. The second-order valence-corrected chi connectivity index (χ2v) is 4.83. The van der Waals surface area contributed by atoms with Gasteiger partial charge in [-0.25, -0.2) is 0 Å². The van der Waals surface area contributed by atoms with Gasteiger partial charge in [-0.05, 0) is 39.4 Å². The molecule has 1 aliphatic heterocycles. The predicted octanol–water partition coefficient (Wildman–Crippen LogP) is 2.88. The van der Waals surface area contributed by atoms with Crippen LogP contribution in [0.25, 0.3) is 0 Å². The van der Waals surface area contributed by atoms with Gasteiger partial charge in [-0.15, -0.1) is 0 Å². The quantitative estimate of drug-likeness (QED) is 0.656. The molecule has 2 rings (SSSR count). The Balaban J connectivity index is 2.29. The molecule has 76 valence electrons. The molecule has 1 fully saturated rings. The molecule has 1 aromatic rings. The lowest BCUT2D eigenvalue weighted by Gasteiger charge is -2.33. The zero-order valence-corrected chi connectivity index (χ0v) is 9.33. The second-order valence-electron chi connectivity index (χ2n) is 4.83. The summed E-state index contributed by atoms with van der Waals surface area (Å²) in [6.45, 7) is 5.90. The highest BCUT2D eigenvalue weighted by molar-refractivity contribution is 5.25. The first-order valence-electron chi connectivity index (χ1n) is 5.38. The molecule has 0 saturated carbocycles. The molecule has 0 spiro atoms. The molecule has 0 N–H and O–H groups in total. The second kappa shape index (κ2) is 3.39. The van der Waals surface area contributed by atoms with Gasteiger partial charge in [0.2, 0.25) is 0 Å². The number of hydrogen-bond acceptors (Lipinski definition) is 1. The summed E-state index contributed by atoms with van der Waals surface area (Å²) in [7, 11) is 2.23. The van der Waals surface area contributed by atoms with E-state index in [-0.39, 0.29) is 0 Å². The van der Waals surface area contributed by atoms with Crippen molar-refractivity contribution >= 4 is 0 Å². The van der Waals surface area contributed by atoms with Gasteiger partial charge in [-0.3, -0.25) is 0 Å². The molecule has 0 aromatic heterocycles. The van der Waals surface area contributed by atoms with Crippen molar-refractivity contribution in [3.05, 3.63) is 35.9 Å². The maximum Gasteiger partial charge on any atom is 0.0219 e. The van der Waals surface area contributed by atoms with Crippen LogP contribution in [0.4, 0.5) is 0 Å². The summed E-state index contributed by atoms with van der Waals surface area (Å²) in [5.74, 6) is 0.689. The molecule has 0 bridgehead atoms. The van der Waals surface area contributed by atoms with E-state index in [0.29, 0.717) is 11.5 Å². The number of likely N-dealkylation sites (tertiary alicyclic amines) is 1. The van der Waals surface area contributed by atoms with Gasteiger partial charge in [0, 0.05) is 11.5 Å². The lowest BCUT2D eigenvalue weighted by atomic mass is 9.83. The van der Waals surface area contributed by atoms with Crippen LogP contribution in [-0.4, -0.2) is 24.0 Å². The van der Waals surface area contributed by atoms with E-state index in [1.165, 1.54) is 18.5 Å². The molecule has 0 aliphatic carbocycles. The summed E-state index contributed by atoms with van der Waals surface area (Å²) in [5, 5.41) is 0. The monoisotopic (exact) mass is 189 g/mol. The van der Waals surface area contributed by atoms with Gasteiger partial charge in [-0.2, -0.15) is 0 Å². The van der Waals surface area contributed by atoms with Gasteiger partial charge in [0.1, 0.15) is 0 Å². The Morgan fingerprint density at radius 1 is 1.21 bits per heavy atom. The summed E-state index contributed by atoms with van der Waals surface area (Å²) in [6.07, 6.45) is 1.29. The van der Waals surface area contributed by atoms with Crippen LogP contribution in [0.2, 0.25) is 0 Å².